The minimum atomic E-state index is -0.0368. The van der Waals surface area contributed by atoms with Gasteiger partial charge >= 0.3 is 0 Å². The fraction of sp³-hybridized carbons (Fsp3) is 0.211. The zero-order valence-corrected chi connectivity index (χ0v) is 19.3. The summed E-state index contributed by atoms with van der Waals surface area (Å²) in [6, 6.07) is 11.6. The predicted molar refractivity (Wildman–Crippen MR) is 124 cm³/mol. The van der Waals surface area contributed by atoms with Gasteiger partial charge in [-0.1, -0.05) is 27.3 Å². The molecular weight excluding hydrogens is 480 g/mol. The molecule has 0 spiro atoms. The van der Waals surface area contributed by atoms with Crippen LogP contribution in [0.2, 0.25) is 0 Å². The molecule has 0 saturated carbocycles. The highest BCUT2D eigenvalue weighted by Gasteiger charge is 2.22. The van der Waals surface area contributed by atoms with Crippen molar-refractivity contribution < 1.29 is 4.79 Å². The average molecular weight is 498 g/mol. The van der Waals surface area contributed by atoms with Gasteiger partial charge in [0.2, 0.25) is 0 Å². The molecule has 0 aliphatic carbocycles. The van der Waals surface area contributed by atoms with E-state index in [-0.39, 0.29) is 18.3 Å². The SMILES string of the molecule is CN(C)CCN(C(=O)c1ccc2ncsc2c1)c1nc2ccc(Br)cc2s1.Cl. The molecule has 0 aliphatic rings. The number of hydrogen-bond acceptors (Lipinski definition) is 6. The second kappa shape index (κ2) is 8.84. The summed E-state index contributed by atoms with van der Waals surface area (Å²) in [6.45, 7) is 1.34. The van der Waals surface area contributed by atoms with Crippen LogP contribution in [0.1, 0.15) is 10.4 Å². The molecule has 0 fully saturated rings. The van der Waals surface area contributed by atoms with Crippen molar-refractivity contribution in [3.63, 3.8) is 0 Å². The van der Waals surface area contributed by atoms with E-state index in [1.54, 1.807) is 21.7 Å². The largest absolute Gasteiger partial charge is 0.308 e. The molecule has 4 aromatic rings. The molecule has 9 heteroatoms. The van der Waals surface area contributed by atoms with E-state index in [1.165, 1.54) is 11.3 Å². The van der Waals surface area contributed by atoms with Crippen molar-refractivity contribution in [1.29, 1.82) is 0 Å². The topological polar surface area (TPSA) is 49.3 Å². The fourth-order valence-corrected chi connectivity index (χ4v) is 4.99. The van der Waals surface area contributed by atoms with E-state index >= 15 is 0 Å². The van der Waals surface area contributed by atoms with Crippen LogP contribution in [0, 0.1) is 0 Å². The number of thiazole rings is 2. The first kappa shape index (κ1) is 21.1. The number of aromatic nitrogens is 2. The molecule has 0 unspecified atom stereocenters. The number of rotatable bonds is 5. The third-order valence-corrected chi connectivity index (χ3v) is 6.49. The summed E-state index contributed by atoms with van der Waals surface area (Å²) < 4.78 is 3.08. The van der Waals surface area contributed by atoms with E-state index in [0.29, 0.717) is 12.1 Å². The Bertz CT molecular complexity index is 1130. The summed E-state index contributed by atoms with van der Waals surface area (Å²) in [7, 11) is 4.00. The number of hydrogen-bond donors (Lipinski definition) is 0. The van der Waals surface area contributed by atoms with Gasteiger partial charge in [-0.3, -0.25) is 9.69 Å². The van der Waals surface area contributed by atoms with E-state index < -0.39 is 0 Å². The number of benzene rings is 2. The Labute approximate surface area is 185 Å². The van der Waals surface area contributed by atoms with Crippen molar-refractivity contribution in [3.05, 3.63) is 51.9 Å². The van der Waals surface area contributed by atoms with Gasteiger partial charge in [0.25, 0.3) is 5.91 Å². The van der Waals surface area contributed by atoms with Crippen molar-refractivity contribution >= 4 is 82.5 Å². The lowest BCUT2D eigenvalue weighted by Crippen LogP contribution is -2.36. The monoisotopic (exact) mass is 496 g/mol. The molecule has 2 aromatic heterocycles. The predicted octanol–water partition coefficient (Wildman–Crippen LogP) is 5.30. The van der Waals surface area contributed by atoms with Crippen LogP contribution in [0.25, 0.3) is 20.4 Å². The zero-order chi connectivity index (χ0) is 19.0. The van der Waals surface area contributed by atoms with E-state index in [2.05, 4.69) is 25.8 Å². The Morgan fingerprint density at radius 1 is 1.07 bits per heavy atom. The Morgan fingerprint density at radius 3 is 2.64 bits per heavy atom. The maximum absolute atomic E-state index is 13.3. The lowest BCUT2D eigenvalue weighted by Gasteiger charge is -2.22. The van der Waals surface area contributed by atoms with E-state index in [1.807, 2.05) is 50.5 Å². The third-order valence-electron chi connectivity index (χ3n) is 4.16. The molecule has 0 atom stereocenters. The molecular formula is C19H18BrClN4OS2. The number of halogens is 2. The summed E-state index contributed by atoms with van der Waals surface area (Å²) in [5.74, 6) is -0.0368. The van der Waals surface area contributed by atoms with Gasteiger partial charge in [-0.15, -0.1) is 23.7 Å². The van der Waals surface area contributed by atoms with Crippen molar-refractivity contribution in [2.75, 3.05) is 32.1 Å². The zero-order valence-electron chi connectivity index (χ0n) is 15.3. The minimum absolute atomic E-state index is 0. The Kier molecular flexibility index (Phi) is 6.67. The van der Waals surface area contributed by atoms with Gasteiger partial charge < -0.3 is 4.90 Å². The number of carbonyl (C=O) groups excluding carboxylic acids is 1. The van der Waals surface area contributed by atoms with Crippen molar-refractivity contribution in [3.8, 4) is 0 Å². The number of anilines is 1. The Morgan fingerprint density at radius 2 is 1.86 bits per heavy atom. The first-order chi connectivity index (χ1) is 13.0. The van der Waals surface area contributed by atoms with Crippen LogP contribution in [-0.4, -0.2) is 48.0 Å². The molecule has 0 radical (unpaired) electrons. The van der Waals surface area contributed by atoms with Gasteiger partial charge in [0, 0.05) is 23.1 Å². The average Bonchev–Trinajstić information content (AvgIpc) is 3.26. The number of carbonyl (C=O) groups is 1. The molecule has 5 nitrogen and oxygen atoms in total. The molecule has 0 saturated heterocycles. The number of likely N-dealkylation sites (N-methyl/N-ethyl adjacent to an activating group) is 1. The van der Waals surface area contributed by atoms with E-state index in [0.717, 1.165) is 36.6 Å². The molecule has 0 N–H and O–H groups in total. The molecule has 0 aliphatic heterocycles. The molecule has 2 aromatic carbocycles. The Hall–Kier alpha value is -1.58. The van der Waals surface area contributed by atoms with Crippen LogP contribution in [0.15, 0.2) is 46.4 Å². The fourth-order valence-electron chi connectivity index (χ4n) is 2.73. The second-order valence-corrected chi connectivity index (χ2v) is 9.21. The smallest absolute Gasteiger partial charge is 0.260 e. The summed E-state index contributed by atoms with van der Waals surface area (Å²) >= 11 is 6.58. The molecule has 4 rings (SSSR count). The van der Waals surface area contributed by atoms with E-state index in [4.69, 9.17) is 4.98 Å². The van der Waals surface area contributed by atoms with Crippen LogP contribution in [0.5, 0.6) is 0 Å². The van der Waals surface area contributed by atoms with Gasteiger partial charge in [-0.25, -0.2) is 9.97 Å². The van der Waals surface area contributed by atoms with Crippen molar-refractivity contribution in [1.82, 2.24) is 14.9 Å². The number of nitrogens with zero attached hydrogens (tertiary/aromatic N) is 4. The summed E-state index contributed by atoms with van der Waals surface area (Å²) in [5, 5.41) is 0.722. The third kappa shape index (κ3) is 4.36. The van der Waals surface area contributed by atoms with Crippen LogP contribution in [-0.2, 0) is 0 Å². The maximum atomic E-state index is 13.3. The van der Waals surface area contributed by atoms with Gasteiger partial charge in [-0.2, -0.15) is 0 Å². The van der Waals surface area contributed by atoms with Crippen LogP contribution in [0.3, 0.4) is 0 Å². The highest BCUT2D eigenvalue weighted by molar-refractivity contribution is 9.10. The number of amides is 1. The van der Waals surface area contributed by atoms with Crippen molar-refractivity contribution in [2.45, 2.75) is 0 Å². The van der Waals surface area contributed by atoms with Crippen LogP contribution >= 0.6 is 51.0 Å². The minimum Gasteiger partial charge on any atom is -0.308 e. The second-order valence-electron chi connectivity index (χ2n) is 6.40. The van der Waals surface area contributed by atoms with Crippen LogP contribution < -0.4 is 4.90 Å². The van der Waals surface area contributed by atoms with Gasteiger partial charge in [0.05, 0.1) is 25.9 Å². The van der Waals surface area contributed by atoms with Gasteiger partial charge in [-0.05, 0) is 50.5 Å². The standard InChI is InChI=1S/C19H17BrN4OS2.ClH/c1-23(2)7-8-24(19-22-15-6-4-13(20)10-17(15)27-19)18(25)12-3-5-14-16(9-12)26-11-21-14;/h3-6,9-11H,7-8H2,1-2H3;1H. The molecule has 146 valence electrons. The maximum Gasteiger partial charge on any atom is 0.260 e. The van der Waals surface area contributed by atoms with Crippen molar-refractivity contribution in [2.24, 2.45) is 0 Å². The number of fused-ring (bicyclic) bond motifs is 2. The lowest BCUT2D eigenvalue weighted by atomic mass is 10.2. The van der Waals surface area contributed by atoms with E-state index in [9.17, 15) is 4.79 Å². The summed E-state index contributed by atoms with van der Waals surface area (Å²) in [5.41, 5.74) is 4.28. The summed E-state index contributed by atoms with van der Waals surface area (Å²) in [4.78, 5) is 26.2. The Balaban J connectivity index is 0.00000225. The molecule has 0 bridgehead atoms. The normalized spacial score (nSPS) is 11.1. The first-order valence-corrected chi connectivity index (χ1v) is 10.9. The molecule has 1 amide bonds. The highest BCUT2D eigenvalue weighted by atomic mass is 79.9. The van der Waals surface area contributed by atoms with Gasteiger partial charge in [0.1, 0.15) is 0 Å². The quantitative estimate of drug-likeness (QED) is 0.375. The molecule has 28 heavy (non-hydrogen) atoms. The van der Waals surface area contributed by atoms with Gasteiger partial charge in [0.15, 0.2) is 5.13 Å². The lowest BCUT2D eigenvalue weighted by molar-refractivity contribution is 0.0985. The molecule has 2 heterocycles. The van der Waals surface area contributed by atoms with Crippen LogP contribution in [0.4, 0.5) is 5.13 Å². The highest BCUT2D eigenvalue weighted by Crippen LogP contribution is 2.32. The first-order valence-electron chi connectivity index (χ1n) is 8.37. The summed E-state index contributed by atoms with van der Waals surface area (Å²) in [6.07, 6.45) is 0.